The van der Waals surface area contributed by atoms with Crippen LogP contribution in [0.5, 0.6) is 0 Å². The molecule has 0 aliphatic rings. The van der Waals surface area contributed by atoms with Gasteiger partial charge >= 0.3 is 0 Å². The smallest absolute Gasteiger partial charge is 0.122 e. The van der Waals surface area contributed by atoms with E-state index in [9.17, 15) is 0 Å². The Morgan fingerprint density at radius 1 is 1.32 bits per heavy atom. The van der Waals surface area contributed by atoms with Crippen molar-refractivity contribution in [2.24, 2.45) is 5.73 Å². The maximum atomic E-state index is 5.56. The van der Waals surface area contributed by atoms with Crippen LogP contribution in [0.15, 0.2) is 42.6 Å². The van der Waals surface area contributed by atoms with Crippen LogP contribution >= 0.6 is 12.2 Å². The van der Waals surface area contributed by atoms with Crippen molar-refractivity contribution in [2.45, 2.75) is 13.3 Å². The van der Waals surface area contributed by atoms with E-state index < -0.39 is 0 Å². The van der Waals surface area contributed by atoms with E-state index in [-0.39, 0.29) is 0 Å². The van der Waals surface area contributed by atoms with Gasteiger partial charge in [0.2, 0.25) is 0 Å². The lowest BCUT2D eigenvalue weighted by atomic mass is 10.1. The van der Waals surface area contributed by atoms with Crippen molar-refractivity contribution in [3.8, 4) is 0 Å². The van der Waals surface area contributed by atoms with Gasteiger partial charge in [-0.15, -0.1) is 0 Å². The van der Waals surface area contributed by atoms with Gasteiger partial charge < -0.3 is 11.1 Å². The number of benzene rings is 1. The van der Waals surface area contributed by atoms with E-state index in [1.165, 1.54) is 11.1 Å². The quantitative estimate of drug-likeness (QED) is 0.821. The minimum Gasteiger partial charge on any atom is -0.388 e. The summed E-state index contributed by atoms with van der Waals surface area (Å²) in [5.74, 6) is 0. The average molecular weight is 271 g/mol. The Bertz CT molecular complexity index is 581. The first-order valence-electron chi connectivity index (χ1n) is 6.21. The summed E-state index contributed by atoms with van der Waals surface area (Å²) in [5.41, 5.74) is 9.89. The minimum atomic E-state index is 0.322. The number of thiocarbonyl (C=S) groups is 1. The molecule has 0 saturated heterocycles. The van der Waals surface area contributed by atoms with E-state index in [2.05, 4.69) is 41.5 Å². The van der Waals surface area contributed by atoms with E-state index in [1.807, 2.05) is 12.1 Å². The van der Waals surface area contributed by atoms with Crippen molar-refractivity contribution in [1.82, 2.24) is 4.98 Å². The molecule has 2 rings (SSSR count). The molecular weight excluding hydrogens is 254 g/mol. The van der Waals surface area contributed by atoms with Crippen molar-refractivity contribution in [3.63, 3.8) is 0 Å². The summed E-state index contributed by atoms with van der Waals surface area (Å²) in [5, 5.41) is 3.36. The Kier molecular flexibility index (Phi) is 4.47. The lowest BCUT2D eigenvalue weighted by Crippen LogP contribution is -2.12. The van der Waals surface area contributed by atoms with Crippen molar-refractivity contribution in [3.05, 3.63) is 59.4 Å². The number of nitrogens with zero attached hydrogens (tertiary/aromatic N) is 1. The van der Waals surface area contributed by atoms with Crippen LogP contribution in [0, 0.1) is 6.92 Å². The normalized spacial score (nSPS) is 10.2. The molecule has 0 atom stereocenters. The second-order valence-electron chi connectivity index (χ2n) is 4.40. The van der Waals surface area contributed by atoms with Crippen LogP contribution in [-0.4, -0.2) is 16.5 Å². The van der Waals surface area contributed by atoms with E-state index in [0.29, 0.717) is 10.7 Å². The zero-order chi connectivity index (χ0) is 13.7. The summed E-state index contributed by atoms with van der Waals surface area (Å²) >= 11 is 4.92. The standard InChI is InChI=1S/C15H17N3S/c1-11-4-2-3-5-12(11)6-8-17-13-7-9-18-14(10-13)15(16)19/h2-5,7,9-10H,6,8H2,1H3,(H2,16,19)(H,17,18). The third kappa shape index (κ3) is 3.76. The monoisotopic (exact) mass is 271 g/mol. The Morgan fingerprint density at radius 3 is 2.84 bits per heavy atom. The zero-order valence-corrected chi connectivity index (χ0v) is 11.7. The maximum absolute atomic E-state index is 5.56. The Hall–Kier alpha value is -1.94. The van der Waals surface area contributed by atoms with Crippen LogP contribution in [0.3, 0.4) is 0 Å². The fourth-order valence-electron chi connectivity index (χ4n) is 1.91. The van der Waals surface area contributed by atoms with E-state index >= 15 is 0 Å². The van der Waals surface area contributed by atoms with Gasteiger partial charge in [-0.2, -0.15) is 0 Å². The number of hydrogen-bond donors (Lipinski definition) is 2. The lowest BCUT2D eigenvalue weighted by molar-refractivity contribution is 1.00. The first kappa shape index (κ1) is 13.5. The molecule has 1 aromatic carbocycles. The van der Waals surface area contributed by atoms with Gasteiger partial charge in [-0.3, -0.25) is 4.98 Å². The van der Waals surface area contributed by atoms with Crippen LogP contribution in [0.4, 0.5) is 5.69 Å². The van der Waals surface area contributed by atoms with Crippen LogP contribution < -0.4 is 11.1 Å². The fourth-order valence-corrected chi connectivity index (χ4v) is 2.02. The lowest BCUT2D eigenvalue weighted by Gasteiger charge is -2.09. The van der Waals surface area contributed by atoms with Gasteiger partial charge in [-0.05, 0) is 36.6 Å². The van der Waals surface area contributed by atoms with Crippen LogP contribution in [0.2, 0.25) is 0 Å². The molecule has 98 valence electrons. The summed E-state index contributed by atoms with van der Waals surface area (Å²) in [7, 11) is 0. The number of nitrogens with two attached hydrogens (primary N) is 1. The largest absolute Gasteiger partial charge is 0.388 e. The van der Waals surface area contributed by atoms with Gasteiger partial charge in [0.15, 0.2) is 0 Å². The molecular formula is C15H17N3S. The third-order valence-corrected chi connectivity index (χ3v) is 3.21. The molecule has 0 saturated carbocycles. The molecule has 0 radical (unpaired) electrons. The van der Waals surface area contributed by atoms with Gasteiger partial charge in [0, 0.05) is 18.4 Å². The zero-order valence-electron chi connectivity index (χ0n) is 10.9. The molecule has 0 unspecified atom stereocenters. The first-order chi connectivity index (χ1) is 9.16. The molecule has 0 spiro atoms. The Morgan fingerprint density at radius 2 is 2.11 bits per heavy atom. The summed E-state index contributed by atoms with van der Waals surface area (Å²) in [6, 6.07) is 12.2. The van der Waals surface area contributed by atoms with Crippen molar-refractivity contribution >= 4 is 22.9 Å². The molecule has 1 aromatic heterocycles. The molecule has 0 fully saturated rings. The van der Waals surface area contributed by atoms with Crippen LogP contribution in [-0.2, 0) is 6.42 Å². The number of rotatable bonds is 5. The summed E-state index contributed by atoms with van der Waals surface area (Å²) in [6.45, 7) is 3.00. The molecule has 3 N–H and O–H groups in total. The van der Waals surface area contributed by atoms with Crippen molar-refractivity contribution in [1.29, 1.82) is 0 Å². The molecule has 0 amide bonds. The third-order valence-electron chi connectivity index (χ3n) is 3.00. The molecule has 2 aromatic rings. The highest BCUT2D eigenvalue weighted by atomic mass is 32.1. The molecule has 0 aliphatic heterocycles. The van der Waals surface area contributed by atoms with Crippen molar-refractivity contribution in [2.75, 3.05) is 11.9 Å². The average Bonchev–Trinajstić information content (AvgIpc) is 2.41. The van der Waals surface area contributed by atoms with Gasteiger partial charge in [0.25, 0.3) is 0 Å². The number of nitrogens with one attached hydrogen (secondary N) is 1. The highest BCUT2D eigenvalue weighted by molar-refractivity contribution is 7.80. The molecule has 3 nitrogen and oxygen atoms in total. The SMILES string of the molecule is Cc1ccccc1CCNc1ccnc(C(N)=S)c1. The molecule has 19 heavy (non-hydrogen) atoms. The maximum Gasteiger partial charge on any atom is 0.122 e. The number of aromatic nitrogens is 1. The number of hydrogen-bond acceptors (Lipinski definition) is 3. The fraction of sp³-hybridized carbons (Fsp3) is 0.200. The predicted molar refractivity (Wildman–Crippen MR) is 83.5 cm³/mol. The molecule has 1 heterocycles. The van der Waals surface area contributed by atoms with Gasteiger partial charge in [0.05, 0.1) is 5.69 Å². The Balaban J connectivity index is 1.94. The highest BCUT2D eigenvalue weighted by Crippen LogP contribution is 2.10. The number of pyridine rings is 1. The van der Waals surface area contributed by atoms with Gasteiger partial charge in [-0.1, -0.05) is 36.5 Å². The second-order valence-corrected chi connectivity index (χ2v) is 4.84. The topological polar surface area (TPSA) is 50.9 Å². The molecule has 0 bridgehead atoms. The number of anilines is 1. The van der Waals surface area contributed by atoms with E-state index in [0.717, 1.165) is 18.7 Å². The summed E-state index contributed by atoms with van der Waals surface area (Å²) in [6.07, 6.45) is 2.70. The van der Waals surface area contributed by atoms with Gasteiger partial charge in [-0.25, -0.2) is 0 Å². The van der Waals surface area contributed by atoms with E-state index in [1.54, 1.807) is 6.20 Å². The second kappa shape index (κ2) is 6.29. The van der Waals surface area contributed by atoms with Crippen LogP contribution in [0.25, 0.3) is 0 Å². The van der Waals surface area contributed by atoms with Crippen molar-refractivity contribution < 1.29 is 0 Å². The Labute approximate surface area is 118 Å². The summed E-state index contributed by atoms with van der Waals surface area (Å²) in [4.78, 5) is 4.43. The highest BCUT2D eigenvalue weighted by Gasteiger charge is 2.00. The predicted octanol–water partition coefficient (Wildman–Crippen LogP) is 2.68. The first-order valence-corrected chi connectivity index (χ1v) is 6.62. The molecule has 4 heteroatoms. The summed E-state index contributed by atoms with van der Waals surface area (Å²) < 4.78 is 0. The molecule has 0 aliphatic carbocycles. The number of aryl methyl sites for hydroxylation is 1. The van der Waals surface area contributed by atoms with E-state index in [4.69, 9.17) is 18.0 Å². The van der Waals surface area contributed by atoms with Crippen LogP contribution in [0.1, 0.15) is 16.8 Å². The van der Waals surface area contributed by atoms with Gasteiger partial charge in [0.1, 0.15) is 4.99 Å². The minimum absolute atomic E-state index is 0.322.